The Balaban J connectivity index is 1.19. The Morgan fingerprint density at radius 1 is 1.08 bits per heavy atom. The maximum absolute atomic E-state index is 12.6. The molecule has 0 bridgehead atoms. The molecule has 0 radical (unpaired) electrons. The van der Waals surface area contributed by atoms with Gasteiger partial charge in [-0.25, -0.2) is 18.7 Å². The molecule has 0 spiro atoms. The van der Waals surface area contributed by atoms with Crippen molar-refractivity contribution in [2.75, 3.05) is 65.9 Å². The predicted molar refractivity (Wildman–Crippen MR) is 225 cm³/mol. The Kier molecular flexibility index (Phi) is 21.7. The van der Waals surface area contributed by atoms with Crippen LogP contribution in [0.2, 0.25) is 0 Å². The van der Waals surface area contributed by atoms with Gasteiger partial charge < -0.3 is 74.9 Å². The van der Waals surface area contributed by atoms with Crippen molar-refractivity contribution in [3.05, 3.63) is 62.5 Å². The highest BCUT2D eigenvalue weighted by Crippen LogP contribution is 2.66. The van der Waals surface area contributed by atoms with E-state index in [1.807, 2.05) is 0 Å². The largest absolute Gasteiger partial charge is 0.491 e. The number of rotatable bonds is 28. The Morgan fingerprint density at radius 3 is 2.58 bits per heavy atom. The number of azide groups is 2. The molecule has 66 heavy (non-hydrogen) atoms. The number of benzene rings is 1. The second kappa shape index (κ2) is 26.6. The van der Waals surface area contributed by atoms with E-state index in [9.17, 15) is 38.2 Å². The predicted octanol–water partition coefficient (Wildman–Crippen LogP) is 0.918. The van der Waals surface area contributed by atoms with Crippen molar-refractivity contribution in [3.63, 3.8) is 0 Å². The van der Waals surface area contributed by atoms with E-state index in [1.54, 1.807) is 24.3 Å². The van der Waals surface area contributed by atoms with Crippen molar-refractivity contribution in [1.29, 1.82) is 0 Å². The van der Waals surface area contributed by atoms with Gasteiger partial charge in [-0.15, -0.1) is 0 Å². The number of hydrogen-bond donors (Lipinski definition) is 9. The molecule has 5 unspecified atom stereocenters. The molecular weight excluding hydrogens is 945 g/mol. The molecule has 3 aliphatic rings. The van der Waals surface area contributed by atoms with E-state index in [-0.39, 0.29) is 50.1 Å². The second-order valence-corrected chi connectivity index (χ2v) is 18.3. The monoisotopic (exact) mass is 994 g/mol. The minimum absolute atomic E-state index is 0.0595. The van der Waals surface area contributed by atoms with Crippen LogP contribution in [-0.2, 0) is 50.6 Å². The Morgan fingerprint density at radius 2 is 1.86 bits per heavy atom. The number of ether oxygens (including phenoxy) is 5. The molecule has 10 N–H and O–H groups in total. The number of carbonyl (C=O) groups excluding carboxylic acids is 2. The zero-order valence-electron chi connectivity index (χ0n) is 34.8. The molecule has 30 nitrogen and oxygen atoms in total. The fourth-order valence-electron chi connectivity index (χ4n) is 5.88. The van der Waals surface area contributed by atoms with Crippen molar-refractivity contribution in [1.82, 2.24) is 20.9 Å². The molecule has 2 fully saturated rings. The van der Waals surface area contributed by atoms with Gasteiger partial charge in [0.25, 0.3) is 5.91 Å². The van der Waals surface area contributed by atoms with Crippen molar-refractivity contribution in [2.24, 2.45) is 26.9 Å². The first-order valence-corrected chi connectivity index (χ1v) is 24.2. The maximum atomic E-state index is 12.6. The summed E-state index contributed by atoms with van der Waals surface area (Å²) in [5.74, 6) is 5.40. The van der Waals surface area contributed by atoms with Gasteiger partial charge >= 0.3 is 23.5 Å². The molecule has 1 saturated heterocycles. The first kappa shape index (κ1) is 53.9. The summed E-state index contributed by atoms with van der Waals surface area (Å²) in [6.07, 6.45) is -1.41. The van der Waals surface area contributed by atoms with E-state index in [1.165, 1.54) is 25.5 Å². The lowest BCUT2D eigenvalue weighted by Gasteiger charge is -2.32. The van der Waals surface area contributed by atoms with Crippen molar-refractivity contribution in [3.8, 4) is 17.6 Å². The van der Waals surface area contributed by atoms with Crippen LogP contribution >= 0.6 is 23.5 Å². The molecule has 2 amide bonds. The number of phosphoric acid groups is 3. The molecule has 4 rings (SSSR count). The van der Waals surface area contributed by atoms with Gasteiger partial charge in [0, 0.05) is 41.1 Å². The lowest BCUT2D eigenvalue weighted by molar-refractivity contribution is -0.126. The number of nitrogens with one attached hydrogen (secondary N) is 3. The summed E-state index contributed by atoms with van der Waals surface area (Å²) in [7, 11) is -17.0. The van der Waals surface area contributed by atoms with Crippen LogP contribution in [0, 0.1) is 17.8 Å². The molecule has 1 aromatic rings. The van der Waals surface area contributed by atoms with Crippen LogP contribution in [0.25, 0.3) is 20.9 Å². The molecule has 364 valence electrons. The van der Waals surface area contributed by atoms with Crippen molar-refractivity contribution in [2.45, 2.75) is 56.7 Å². The lowest BCUT2D eigenvalue weighted by Crippen LogP contribution is -2.43. The number of hydrogen-bond acceptors (Lipinski definition) is 20. The standard InChI is InChI=1S/C33H49N12O18P3/c34-31-24(17-45(33(48)41-31)30-15-26(59-21-40-43-35)27(61-30)18-60-65(52,53)63-66(54,55)62-64(49,50)51)7-3-9-38-28(46)19-56-12-13-57-29(42-44-36)20-58-25-8-2-6-23(14-25)32(47)39-11-10-37-16-22-4-1-5-22/h2,6,8,14,17,22,26-27,29-30,33,37,48H,1,4-5,9-13,15-16,18-21H2,(H2,34,41)(H,38,46)(H,39,47)(H,52,53)(H,54,55)(H2,49,50,51)/t26?,27-,29?,30-,33?/m1/s1. The van der Waals surface area contributed by atoms with Gasteiger partial charge in [-0.05, 0) is 54.6 Å². The minimum atomic E-state index is -5.81. The SMILES string of the molecule is [N-]=[N+]=NCOC1C[C@H](N2C=C(C#CCNC(=O)COCCOC(COc3cccc(C(=O)NCCNCC4CCC4)c3)N=[N+]=[N-])C(N)=NC2O)O[C@@H]1COP(=O)(O)OP(=O)(O)OP(=O)(O)O. The summed E-state index contributed by atoms with van der Waals surface area (Å²) in [5.41, 5.74) is 24.0. The zero-order chi connectivity index (χ0) is 48.2. The Labute approximate surface area is 375 Å². The summed E-state index contributed by atoms with van der Waals surface area (Å²) in [6, 6.07) is 6.49. The number of aliphatic imine (C=N–C) groups is 1. The van der Waals surface area contributed by atoms with Crippen LogP contribution in [0.4, 0.5) is 0 Å². The molecule has 1 aliphatic carbocycles. The Hall–Kier alpha value is -4.68. The van der Waals surface area contributed by atoms with Gasteiger partial charge in [0.2, 0.25) is 12.3 Å². The van der Waals surface area contributed by atoms with E-state index in [4.69, 9.17) is 50.3 Å². The quantitative estimate of drug-likeness (QED) is 0.0141. The van der Waals surface area contributed by atoms with E-state index in [0.29, 0.717) is 24.4 Å². The van der Waals surface area contributed by atoms with Crippen LogP contribution in [0.3, 0.4) is 0 Å². The first-order chi connectivity index (χ1) is 31.4. The molecule has 7 atom stereocenters. The van der Waals surface area contributed by atoms with Gasteiger partial charge in [0.15, 0.2) is 6.23 Å². The van der Waals surface area contributed by atoms with Crippen LogP contribution < -0.4 is 26.4 Å². The number of phosphoric ester groups is 1. The van der Waals surface area contributed by atoms with Gasteiger partial charge in [-0.2, -0.15) is 8.62 Å². The lowest BCUT2D eigenvalue weighted by atomic mass is 9.85. The first-order valence-electron chi connectivity index (χ1n) is 19.6. The number of nitrogens with two attached hydrogens (primary N) is 1. The highest BCUT2D eigenvalue weighted by atomic mass is 31.3. The second-order valence-electron chi connectivity index (χ2n) is 13.9. The Bertz CT molecular complexity index is 2190. The van der Waals surface area contributed by atoms with Crippen LogP contribution in [0.1, 0.15) is 36.0 Å². The number of aliphatic hydroxyl groups is 1. The number of aliphatic hydroxyl groups excluding tert-OH is 1. The van der Waals surface area contributed by atoms with Crippen LogP contribution in [0.15, 0.2) is 51.3 Å². The summed E-state index contributed by atoms with van der Waals surface area (Å²) < 4.78 is 74.7. The van der Waals surface area contributed by atoms with Crippen LogP contribution in [-0.4, -0.2) is 144 Å². The fraction of sp³-hybridized carbons (Fsp3) is 0.606. The molecule has 33 heteroatoms. The molecule has 1 aromatic carbocycles. The average Bonchev–Trinajstić information content (AvgIpc) is 3.63. The summed E-state index contributed by atoms with van der Waals surface area (Å²) in [5, 5.41) is 26.1. The molecule has 2 heterocycles. The van der Waals surface area contributed by atoms with E-state index in [2.05, 4.69) is 66.0 Å². The molecular formula is C33H49N12O18P3. The van der Waals surface area contributed by atoms with Gasteiger partial charge in [-0.1, -0.05) is 34.6 Å². The third kappa shape index (κ3) is 19.7. The highest BCUT2D eigenvalue weighted by molar-refractivity contribution is 7.66. The third-order valence-corrected chi connectivity index (χ3v) is 12.9. The number of carbonyl (C=O) groups is 2. The van der Waals surface area contributed by atoms with Gasteiger partial charge in [0.05, 0.1) is 38.0 Å². The summed E-state index contributed by atoms with van der Waals surface area (Å²) in [4.78, 5) is 72.0. The fourth-order valence-corrected chi connectivity index (χ4v) is 8.91. The smallest absolute Gasteiger partial charge is 0.490 e. The molecule has 1 saturated carbocycles. The molecule has 0 aromatic heterocycles. The van der Waals surface area contributed by atoms with E-state index < -0.39 is 80.3 Å². The number of amidine groups is 1. The zero-order valence-corrected chi connectivity index (χ0v) is 37.5. The number of nitrogens with zero attached hydrogens (tertiary/aromatic N) is 8. The maximum Gasteiger partial charge on any atom is 0.490 e. The van der Waals surface area contributed by atoms with E-state index >= 15 is 0 Å². The minimum Gasteiger partial charge on any atom is -0.491 e. The van der Waals surface area contributed by atoms with E-state index in [0.717, 1.165) is 17.4 Å². The van der Waals surface area contributed by atoms with Crippen LogP contribution in [0.5, 0.6) is 5.75 Å². The average molecular weight is 995 g/mol. The summed E-state index contributed by atoms with van der Waals surface area (Å²) >= 11 is 0. The highest BCUT2D eigenvalue weighted by Gasteiger charge is 2.45. The summed E-state index contributed by atoms with van der Waals surface area (Å²) in [6.45, 7) is -0.314. The topological polar surface area (TPSA) is 436 Å². The van der Waals surface area contributed by atoms with Gasteiger partial charge in [-0.3, -0.25) is 14.1 Å². The van der Waals surface area contributed by atoms with Gasteiger partial charge in [0.1, 0.15) is 43.9 Å². The number of amides is 2. The van der Waals surface area contributed by atoms with Crippen molar-refractivity contribution >= 4 is 41.1 Å². The normalized spacial score (nSPS) is 21.7. The molecule has 2 aliphatic heterocycles. The third-order valence-electron chi connectivity index (χ3n) is 9.10. The van der Waals surface area contributed by atoms with Crippen molar-refractivity contribution < 1.29 is 84.8 Å².